The molecule has 1 spiro atoms. The second kappa shape index (κ2) is 2.93. The molecule has 0 aromatic carbocycles. The van der Waals surface area contributed by atoms with Crippen molar-refractivity contribution in [2.24, 2.45) is 28.6 Å². The highest BCUT2D eigenvalue weighted by atomic mass is 16.3. The summed E-state index contributed by atoms with van der Waals surface area (Å²) in [5, 5.41) is 10.5. The third kappa shape index (κ3) is 0.895. The van der Waals surface area contributed by atoms with E-state index in [0.29, 0.717) is 11.3 Å². The molecule has 1 nitrogen and oxygen atoms in total. The van der Waals surface area contributed by atoms with Gasteiger partial charge in [0.15, 0.2) is 0 Å². The van der Waals surface area contributed by atoms with Crippen LogP contribution in [0.4, 0.5) is 0 Å². The van der Waals surface area contributed by atoms with E-state index >= 15 is 0 Å². The van der Waals surface area contributed by atoms with E-state index in [4.69, 9.17) is 0 Å². The molecular weight excluding hydrogens is 196 g/mol. The zero-order chi connectivity index (χ0) is 11.7. The third-order valence-corrected chi connectivity index (χ3v) is 6.52. The van der Waals surface area contributed by atoms with Gasteiger partial charge in [-0.25, -0.2) is 0 Å². The average molecular weight is 220 g/mol. The molecule has 0 radical (unpaired) electrons. The fourth-order valence-electron chi connectivity index (χ4n) is 5.51. The number of hydrogen-bond acceptors (Lipinski definition) is 1. The SMILES string of the molecule is CC1=C[C@]2(C)[C@@H](O)C[C@H]3[C@H](C)CC[C@@]32[C@@H]1C. The highest BCUT2D eigenvalue weighted by Crippen LogP contribution is 2.73. The smallest absolute Gasteiger partial charge is 0.0636 e. The normalized spacial score (nSPS) is 59.7. The quantitative estimate of drug-likeness (QED) is 0.620. The van der Waals surface area contributed by atoms with Crippen LogP contribution in [0.1, 0.15) is 47.0 Å². The fraction of sp³-hybridized carbons (Fsp3) is 0.867. The van der Waals surface area contributed by atoms with Gasteiger partial charge >= 0.3 is 0 Å². The summed E-state index contributed by atoms with van der Waals surface area (Å²) < 4.78 is 0. The Bertz CT molecular complexity index is 358. The van der Waals surface area contributed by atoms with E-state index in [2.05, 4.69) is 33.8 Å². The molecule has 1 heteroatoms. The van der Waals surface area contributed by atoms with Crippen molar-refractivity contribution >= 4 is 0 Å². The average Bonchev–Trinajstić information content (AvgIpc) is 2.72. The van der Waals surface area contributed by atoms with Gasteiger partial charge in [-0.2, -0.15) is 0 Å². The minimum absolute atomic E-state index is 0.0614. The number of aliphatic hydroxyl groups is 1. The molecule has 3 rings (SSSR count). The summed E-state index contributed by atoms with van der Waals surface area (Å²) in [6.07, 6.45) is 6.01. The van der Waals surface area contributed by atoms with E-state index in [-0.39, 0.29) is 11.5 Å². The Balaban J connectivity index is 2.15. The number of rotatable bonds is 0. The first-order chi connectivity index (χ1) is 7.43. The predicted octanol–water partition coefficient (Wildman–Crippen LogP) is 3.39. The molecule has 0 amide bonds. The van der Waals surface area contributed by atoms with Crippen molar-refractivity contribution in [2.45, 2.75) is 53.1 Å². The summed E-state index contributed by atoms with van der Waals surface area (Å²) in [5.41, 5.74) is 1.96. The molecule has 3 aliphatic carbocycles. The Morgan fingerprint density at radius 2 is 2.06 bits per heavy atom. The number of allylic oxidation sites excluding steroid dienone is 1. The fourth-order valence-corrected chi connectivity index (χ4v) is 5.51. The lowest BCUT2D eigenvalue weighted by atomic mass is 9.61. The second-order valence-corrected chi connectivity index (χ2v) is 6.81. The molecule has 0 aromatic rings. The van der Waals surface area contributed by atoms with Crippen molar-refractivity contribution in [1.82, 2.24) is 0 Å². The Kier molecular flexibility index (Phi) is 1.98. The topological polar surface area (TPSA) is 20.2 Å². The summed E-state index contributed by atoms with van der Waals surface area (Å²) >= 11 is 0. The largest absolute Gasteiger partial charge is 0.392 e. The maximum atomic E-state index is 10.5. The van der Waals surface area contributed by atoms with Crippen LogP contribution >= 0.6 is 0 Å². The van der Waals surface area contributed by atoms with Gasteiger partial charge in [-0.15, -0.1) is 0 Å². The lowest BCUT2D eigenvalue weighted by molar-refractivity contribution is 0.0115. The van der Waals surface area contributed by atoms with E-state index in [1.54, 1.807) is 0 Å². The molecule has 6 atom stereocenters. The summed E-state index contributed by atoms with van der Waals surface area (Å²) in [6, 6.07) is 0. The van der Waals surface area contributed by atoms with Gasteiger partial charge in [0, 0.05) is 5.41 Å². The van der Waals surface area contributed by atoms with Crippen LogP contribution < -0.4 is 0 Å². The van der Waals surface area contributed by atoms with Crippen molar-refractivity contribution in [3.8, 4) is 0 Å². The van der Waals surface area contributed by atoms with E-state index in [1.165, 1.54) is 18.4 Å². The summed E-state index contributed by atoms with van der Waals surface area (Å²) in [6.45, 7) is 9.34. The maximum absolute atomic E-state index is 10.5. The molecule has 0 bridgehead atoms. The summed E-state index contributed by atoms with van der Waals surface area (Å²) in [4.78, 5) is 0. The van der Waals surface area contributed by atoms with Crippen LogP contribution in [0, 0.1) is 28.6 Å². The highest BCUT2D eigenvalue weighted by Gasteiger charge is 2.68. The first-order valence-corrected chi connectivity index (χ1v) is 6.81. The van der Waals surface area contributed by atoms with Crippen LogP contribution in [0.5, 0.6) is 0 Å². The van der Waals surface area contributed by atoms with Crippen LogP contribution in [-0.4, -0.2) is 11.2 Å². The van der Waals surface area contributed by atoms with Crippen LogP contribution in [0.25, 0.3) is 0 Å². The Labute approximate surface area is 98.9 Å². The molecular formula is C15H24O. The molecule has 16 heavy (non-hydrogen) atoms. The van der Waals surface area contributed by atoms with E-state index < -0.39 is 0 Å². The van der Waals surface area contributed by atoms with Crippen LogP contribution in [0.15, 0.2) is 11.6 Å². The number of hydrogen-bond donors (Lipinski definition) is 1. The van der Waals surface area contributed by atoms with Gasteiger partial charge in [0.25, 0.3) is 0 Å². The van der Waals surface area contributed by atoms with E-state index in [0.717, 1.165) is 18.3 Å². The molecule has 2 fully saturated rings. The summed E-state index contributed by atoms with van der Waals surface area (Å²) in [7, 11) is 0. The van der Waals surface area contributed by atoms with E-state index in [9.17, 15) is 5.11 Å². The van der Waals surface area contributed by atoms with Crippen molar-refractivity contribution in [3.63, 3.8) is 0 Å². The molecule has 0 saturated heterocycles. The van der Waals surface area contributed by atoms with Gasteiger partial charge in [-0.1, -0.05) is 32.4 Å². The molecule has 0 aliphatic heterocycles. The molecule has 3 aliphatic rings. The van der Waals surface area contributed by atoms with Gasteiger partial charge in [0.05, 0.1) is 6.10 Å². The second-order valence-electron chi connectivity index (χ2n) is 6.81. The van der Waals surface area contributed by atoms with Crippen LogP contribution in [0.3, 0.4) is 0 Å². The first kappa shape index (κ1) is 10.8. The van der Waals surface area contributed by atoms with Crippen LogP contribution in [0.2, 0.25) is 0 Å². The zero-order valence-electron chi connectivity index (χ0n) is 11.0. The summed E-state index contributed by atoms with van der Waals surface area (Å²) in [5.74, 6) is 2.22. The number of aliphatic hydroxyl groups excluding tert-OH is 1. The minimum Gasteiger partial charge on any atom is -0.392 e. The Morgan fingerprint density at radius 3 is 2.75 bits per heavy atom. The molecule has 0 aromatic heterocycles. The van der Waals surface area contributed by atoms with Crippen molar-refractivity contribution in [2.75, 3.05) is 0 Å². The zero-order valence-corrected chi connectivity index (χ0v) is 11.0. The molecule has 2 saturated carbocycles. The minimum atomic E-state index is -0.111. The van der Waals surface area contributed by atoms with Crippen LogP contribution in [-0.2, 0) is 0 Å². The molecule has 0 heterocycles. The third-order valence-electron chi connectivity index (χ3n) is 6.52. The Hall–Kier alpha value is -0.300. The lowest BCUT2D eigenvalue weighted by Gasteiger charge is -2.43. The van der Waals surface area contributed by atoms with Gasteiger partial charge in [0.2, 0.25) is 0 Å². The maximum Gasteiger partial charge on any atom is 0.0636 e. The Morgan fingerprint density at radius 1 is 1.38 bits per heavy atom. The van der Waals surface area contributed by atoms with Crippen molar-refractivity contribution < 1.29 is 5.11 Å². The van der Waals surface area contributed by atoms with Gasteiger partial charge in [-0.3, -0.25) is 0 Å². The standard InChI is InChI=1S/C15H24O/c1-9-5-6-15-11(3)10(2)8-14(15,4)13(16)7-12(9)15/h8-9,11-13,16H,5-7H2,1-4H3/t9-,11-,12+,13+,14-,15-/m1/s1. The lowest BCUT2D eigenvalue weighted by Crippen LogP contribution is -2.41. The molecule has 1 N–H and O–H groups in total. The predicted molar refractivity (Wildman–Crippen MR) is 66.0 cm³/mol. The van der Waals surface area contributed by atoms with Gasteiger partial charge in [-0.05, 0) is 49.4 Å². The van der Waals surface area contributed by atoms with Crippen molar-refractivity contribution in [1.29, 1.82) is 0 Å². The monoisotopic (exact) mass is 220 g/mol. The van der Waals surface area contributed by atoms with Gasteiger partial charge in [0.1, 0.15) is 0 Å². The first-order valence-electron chi connectivity index (χ1n) is 6.81. The van der Waals surface area contributed by atoms with E-state index in [1.807, 2.05) is 0 Å². The van der Waals surface area contributed by atoms with Gasteiger partial charge < -0.3 is 5.11 Å². The molecule has 90 valence electrons. The van der Waals surface area contributed by atoms with Crippen molar-refractivity contribution in [3.05, 3.63) is 11.6 Å². The molecule has 0 unspecified atom stereocenters. The highest BCUT2D eigenvalue weighted by molar-refractivity contribution is 5.33.